The summed E-state index contributed by atoms with van der Waals surface area (Å²) in [4.78, 5) is 31.3. The number of likely N-dealkylation sites (N-methyl/N-ethyl adjacent to an activating group) is 1. The molecule has 1 aromatic heterocycles. The van der Waals surface area contributed by atoms with Gasteiger partial charge in [0, 0.05) is 35.8 Å². The Morgan fingerprint density at radius 1 is 1.31 bits per heavy atom. The number of ether oxygens (including phenoxy) is 1. The van der Waals surface area contributed by atoms with E-state index in [-0.39, 0.29) is 29.6 Å². The molecule has 0 unspecified atom stereocenters. The monoisotopic (exact) mass is 352 g/mol. The van der Waals surface area contributed by atoms with Gasteiger partial charge >= 0.3 is 5.97 Å². The minimum atomic E-state index is -0.323. The molecular formula is C21H24N2O3. The highest BCUT2D eigenvalue weighted by Crippen LogP contribution is 2.41. The molecule has 1 fully saturated rings. The number of H-pyrrole nitrogens is 1. The Morgan fingerprint density at radius 3 is 2.81 bits per heavy atom. The zero-order chi connectivity index (χ0) is 18.4. The van der Waals surface area contributed by atoms with Crippen molar-refractivity contribution < 1.29 is 14.3 Å². The van der Waals surface area contributed by atoms with E-state index in [2.05, 4.69) is 16.9 Å². The van der Waals surface area contributed by atoms with Crippen LogP contribution in [0.2, 0.25) is 0 Å². The van der Waals surface area contributed by atoms with E-state index in [1.807, 2.05) is 37.3 Å². The molecule has 5 heteroatoms. The number of rotatable bonds is 1. The number of carbonyl (C=O) groups is 2. The highest BCUT2D eigenvalue weighted by molar-refractivity contribution is 6.03. The molecule has 1 saturated heterocycles. The van der Waals surface area contributed by atoms with E-state index in [4.69, 9.17) is 4.74 Å². The standard InChI is InChI=1S/C21H24N2O3/c1-4-12-11-23(2)17-9-15-13-7-5-6-8-16(13)22-20(15)18(24)10-14(12)19(17)21(25)26-3/h4-8,14,17,19,22H,9-11H2,1-3H3/b12-4-/t14-,17+,19+/m1/s1. The van der Waals surface area contributed by atoms with Gasteiger partial charge < -0.3 is 9.72 Å². The zero-order valence-electron chi connectivity index (χ0n) is 15.4. The lowest BCUT2D eigenvalue weighted by Gasteiger charge is -2.45. The van der Waals surface area contributed by atoms with Gasteiger partial charge in [-0.3, -0.25) is 14.5 Å². The van der Waals surface area contributed by atoms with Gasteiger partial charge in [-0.05, 0) is 32.0 Å². The molecule has 26 heavy (non-hydrogen) atoms. The Balaban J connectivity index is 1.91. The van der Waals surface area contributed by atoms with E-state index >= 15 is 0 Å². The van der Waals surface area contributed by atoms with Crippen LogP contribution in [0.3, 0.4) is 0 Å². The Bertz CT molecular complexity index is 911. The number of carbonyl (C=O) groups excluding carboxylic acids is 2. The first-order valence-corrected chi connectivity index (χ1v) is 9.11. The smallest absolute Gasteiger partial charge is 0.310 e. The van der Waals surface area contributed by atoms with Crippen molar-refractivity contribution in [2.75, 3.05) is 20.7 Å². The van der Waals surface area contributed by atoms with Gasteiger partial charge in [-0.25, -0.2) is 0 Å². The van der Waals surface area contributed by atoms with Crippen LogP contribution in [0.25, 0.3) is 10.9 Å². The molecule has 2 aromatic rings. The number of likely N-dealkylation sites (tertiary alicyclic amines) is 1. The number of fused-ring (bicyclic) bond motifs is 5. The molecule has 1 aromatic carbocycles. The number of ketones is 1. The topological polar surface area (TPSA) is 62.4 Å². The molecule has 2 heterocycles. The van der Waals surface area contributed by atoms with Crippen molar-refractivity contribution in [2.45, 2.75) is 25.8 Å². The first-order valence-electron chi connectivity index (χ1n) is 9.11. The molecule has 4 rings (SSSR count). The van der Waals surface area contributed by atoms with E-state index in [0.29, 0.717) is 18.5 Å². The fourth-order valence-electron chi connectivity index (χ4n) is 4.76. The van der Waals surface area contributed by atoms with Crippen LogP contribution in [-0.2, 0) is 16.0 Å². The Hall–Kier alpha value is -2.40. The number of benzene rings is 1. The average Bonchev–Trinajstić information content (AvgIpc) is 3.01. The number of aromatic amines is 1. The number of methoxy groups -OCH3 is 1. The molecule has 2 bridgehead atoms. The van der Waals surface area contributed by atoms with Gasteiger partial charge in [0.1, 0.15) is 0 Å². The van der Waals surface area contributed by atoms with E-state index in [1.165, 1.54) is 7.11 Å². The predicted molar refractivity (Wildman–Crippen MR) is 100 cm³/mol. The molecule has 0 radical (unpaired) electrons. The van der Waals surface area contributed by atoms with Gasteiger partial charge in [0.15, 0.2) is 5.78 Å². The molecule has 0 saturated carbocycles. The Kier molecular flexibility index (Phi) is 4.19. The number of hydrogen-bond acceptors (Lipinski definition) is 4. The minimum Gasteiger partial charge on any atom is -0.469 e. The normalized spacial score (nSPS) is 27.9. The summed E-state index contributed by atoms with van der Waals surface area (Å²) in [7, 11) is 3.49. The lowest BCUT2D eigenvalue weighted by Crippen LogP contribution is -2.54. The molecular weight excluding hydrogens is 328 g/mol. The summed E-state index contributed by atoms with van der Waals surface area (Å²) in [5.74, 6) is -0.559. The third-order valence-corrected chi connectivity index (χ3v) is 6.08. The van der Waals surface area contributed by atoms with Crippen LogP contribution in [0.5, 0.6) is 0 Å². The van der Waals surface area contributed by atoms with Gasteiger partial charge in [0.25, 0.3) is 0 Å². The van der Waals surface area contributed by atoms with Crippen LogP contribution in [0.1, 0.15) is 29.4 Å². The number of para-hydroxylation sites is 1. The third-order valence-electron chi connectivity index (χ3n) is 6.08. The highest BCUT2D eigenvalue weighted by Gasteiger charge is 2.46. The predicted octanol–water partition coefficient (Wildman–Crippen LogP) is 2.96. The van der Waals surface area contributed by atoms with Gasteiger partial charge in [0.05, 0.1) is 18.7 Å². The average molecular weight is 352 g/mol. The van der Waals surface area contributed by atoms with Gasteiger partial charge in [-0.2, -0.15) is 0 Å². The van der Waals surface area contributed by atoms with Gasteiger partial charge in [-0.1, -0.05) is 29.8 Å². The molecule has 2 aliphatic rings. The maximum atomic E-state index is 13.1. The fourth-order valence-corrected chi connectivity index (χ4v) is 4.76. The first-order chi connectivity index (χ1) is 12.5. The molecule has 1 aliphatic carbocycles. The number of hydrogen-bond donors (Lipinski definition) is 1. The number of esters is 1. The van der Waals surface area contributed by atoms with Crippen LogP contribution < -0.4 is 0 Å². The summed E-state index contributed by atoms with van der Waals surface area (Å²) in [5.41, 5.74) is 3.85. The van der Waals surface area contributed by atoms with Gasteiger partial charge in [0.2, 0.25) is 0 Å². The quantitative estimate of drug-likeness (QED) is 0.633. The summed E-state index contributed by atoms with van der Waals surface area (Å²) in [6.07, 6.45) is 3.05. The zero-order valence-corrected chi connectivity index (χ0v) is 15.4. The lowest BCUT2D eigenvalue weighted by atomic mass is 9.70. The third kappa shape index (κ3) is 2.50. The van der Waals surface area contributed by atoms with Crippen molar-refractivity contribution in [3.8, 4) is 0 Å². The number of nitrogens with one attached hydrogen (secondary N) is 1. The minimum absolute atomic E-state index is 0.0159. The van der Waals surface area contributed by atoms with Crippen LogP contribution in [0.4, 0.5) is 0 Å². The Morgan fingerprint density at radius 2 is 2.08 bits per heavy atom. The Labute approximate surface area is 153 Å². The van der Waals surface area contributed by atoms with Crippen molar-refractivity contribution in [3.63, 3.8) is 0 Å². The van der Waals surface area contributed by atoms with Crippen molar-refractivity contribution in [3.05, 3.63) is 47.2 Å². The van der Waals surface area contributed by atoms with E-state index in [9.17, 15) is 9.59 Å². The van der Waals surface area contributed by atoms with Crippen molar-refractivity contribution in [2.24, 2.45) is 11.8 Å². The molecule has 3 atom stereocenters. The second-order valence-electron chi connectivity index (χ2n) is 7.36. The number of nitrogens with zero attached hydrogens (tertiary/aromatic N) is 1. The van der Waals surface area contributed by atoms with E-state index < -0.39 is 0 Å². The molecule has 0 spiro atoms. The first kappa shape index (κ1) is 17.0. The van der Waals surface area contributed by atoms with Crippen LogP contribution in [0, 0.1) is 11.8 Å². The molecule has 136 valence electrons. The molecule has 0 amide bonds. The van der Waals surface area contributed by atoms with Crippen LogP contribution >= 0.6 is 0 Å². The largest absolute Gasteiger partial charge is 0.469 e. The second kappa shape index (κ2) is 6.40. The maximum absolute atomic E-state index is 13.1. The lowest BCUT2D eigenvalue weighted by molar-refractivity contribution is -0.150. The molecule has 5 nitrogen and oxygen atoms in total. The summed E-state index contributed by atoms with van der Waals surface area (Å²) in [6.45, 7) is 2.76. The summed E-state index contributed by atoms with van der Waals surface area (Å²) < 4.78 is 5.14. The SMILES string of the molecule is C/C=C1/CN(C)[C@H]2Cc3c([nH]c4ccccc34)C(=O)C[C@H]1[C@@H]2C(=O)OC. The van der Waals surface area contributed by atoms with Crippen molar-refractivity contribution in [1.29, 1.82) is 0 Å². The van der Waals surface area contributed by atoms with Crippen molar-refractivity contribution in [1.82, 2.24) is 9.88 Å². The van der Waals surface area contributed by atoms with Crippen LogP contribution in [0.15, 0.2) is 35.9 Å². The highest BCUT2D eigenvalue weighted by atomic mass is 16.5. The number of aromatic nitrogens is 1. The van der Waals surface area contributed by atoms with Crippen LogP contribution in [-0.4, -0.2) is 48.4 Å². The number of allylic oxidation sites excluding steroid dienone is 1. The molecule has 1 aliphatic heterocycles. The summed E-state index contributed by atoms with van der Waals surface area (Å²) in [5, 5.41) is 1.07. The number of piperidine rings is 1. The van der Waals surface area contributed by atoms with E-state index in [0.717, 1.165) is 28.6 Å². The second-order valence-corrected chi connectivity index (χ2v) is 7.36. The molecule has 1 N–H and O–H groups in total. The van der Waals surface area contributed by atoms with E-state index in [1.54, 1.807) is 0 Å². The van der Waals surface area contributed by atoms with Gasteiger partial charge in [-0.15, -0.1) is 0 Å². The summed E-state index contributed by atoms with van der Waals surface area (Å²) >= 11 is 0. The number of Topliss-reactive ketones (excluding diaryl/α,β-unsaturated/α-hetero) is 1. The summed E-state index contributed by atoms with van der Waals surface area (Å²) in [6, 6.07) is 8.02. The fraction of sp³-hybridized carbons (Fsp3) is 0.429. The maximum Gasteiger partial charge on any atom is 0.310 e. The van der Waals surface area contributed by atoms with Crippen molar-refractivity contribution >= 4 is 22.7 Å².